The number of aromatic nitrogens is 2. The molecule has 0 fully saturated rings. The van der Waals surface area contributed by atoms with Crippen LogP contribution in [0.3, 0.4) is 0 Å². The molecule has 0 spiro atoms. The van der Waals surface area contributed by atoms with Crippen LogP contribution in [-0.2, 0) is 11.8 Å². The van der Waals surface area contributed by atoms with E-state index in [0.717, 1.165) is 0 Å². The molecule has 0 saturated heterocycles. The van der Waals surface area contributed by atoms with Crippen molar-refractivity contribution in [3.05, 3.63) is 18.2 Å². The van der Waals surface area contributed by atoms with Crippen LogP contribution in [-0.4, -0.2) is 32.6 Å². The fourth-order valence-corrected chi connectivity index (χ4v) is 1.50. The monoisotopic (exact) mass is 239 g/mol. The largest absolute Gasteiger partial charge is 0.480 e. The number of carbonyl (C=O) groups excluding carboxylic acids is 1. The number of carboxylic acid groups (broad SMARTS) is 1. The van der Waals surface area contributed by atoms with E-state index in [1.807, 2.05) is 13.8 Å². The first-order valence-electron chi connectivity index (χ1n) is 5.41. The molecule has 1 aromatic heterocycles. The molecule has 0 aliphatic rings. The molecule has 0 radical (unpaired) electrons. The number of aryl methyl sites for hydroxylation is 1. The Morgan fingerprint density at radius 2 is 2.18 bits per heavy atom. The third-order valence-electron chi connectivity index (χ3n) is 2.36. The van der Waals surface area contributed by atoms with Crippen molar-refractivity contribution in [1.82, 2.24) is 14.9 Å². The predicted octanol–water partition coefficient (Wildman–Crippen LogP) is 0.649. The lowest BCUT2D eigenvalue weighted by Crippen LogP contribution is -2.42. The SMILES string of the molecule is CC(C)C[C@@H](NC(=O)c1cncn1C)C(=O)O. The molecule has 0 bridgehead atoms. The van der Waals surface area contributed by atoms with Crippen LogP contribution in [0.1, 0.15) is 30.8 Å². The number of hydrogen-bond donors (Lipinski definition) is 2. The summed E-state index contributed by atoms with van der Waals surface area (Å²) in [6.45, 7) is 3.82. The summed E-state index contributed by atoms with van der Waals surface area (Å²) in [4.78, 5) is 26.6. The van der Waals surface area contributed by atoms with Gasteiger partial charge in [-0.3, -0.25) is 4.79 Å². The van der Waals surface area contributed by atoms with Crippen molar-refractivity contribution in [2.24, 2.45) is 13.0 Å². The zero-order chi connectivity index (χ0) is 13.0. The number of hydrogen-bond acceptors (Lipinski definition) is 3. The van der Waals surface area contributed by atoms with Crippen LogP contribution in [0.5, 0.6) is 0 Å². The molecule has 6 heteroatoms. The van der Waals surface area contributed by atoms with Gasteiger partial charge in [0.25, 0.3) is 5.91 Å². The first kappa shape index (κ1) is 13.2. The summed E-state index contributed by atoms with van der Waals surface area (Å²) < 4.78 is 1.55. The van der Waals surface area contributed by atoms with Crippen LogP contribution in [0.4, 0.5) is 0 Å². The maximum Gasteiger partial charge on any atom is 0.326 e. The van der Waals surface area contributed by atoms with Crippen LogP contribution in [0, 0.1) is 5.92 Å². The summed E-state index contributed by atoms with van der Waals surface area (Å²) in [6.07, 6.45) is 3.30. The summed E-state index contributed by atoms with van der Waals surface area (Å²) in [5.74, 6) is -1.24. The summed E-state index contributed by atoms with van der Waals surface area (Å²) in [7, 11) is 1.68. The van der Waals surface area contributed by atoms with Crippen molar-refractivity contribution in [3.63, 3.8) is 0 Å². The topological polar surface area (TPSA) is 84.2 Å². The maximum atomic E-state index is 11.8. The minimum Gasteiger partial charge on any atom is -0.480 e. The Balaban J connectivity index is 2.71. The van der Waals surface area contributed by atoms with Gasteiger partial charge in [0.05, 0.1) is 12.5 Å². The minimum atomic E-state index is -1.02. The van der Waals surface area contributed by atoms with Gasteiger partial charge >= 0.3 is 5.97 Å². The highest BCUT2D eigenvalue weighted by atomic mass is 16.4. The van der Waals surface area contributed by atoms with Gasteiger partial charge in [0.15, 0.2) is 0 Å². The second-order valence-corrected chi connectivity index (χ2v) is 4.38. The Morgan fingerprint density at radius 3 is 2.59 bits per heavy atom. The summed E-state index contributed by atoms with van der Waals surface area (Å²) in [5, 5.41) is 11.5. The van der Waals surface area contributed by atoms with E-state index in [1.54, 1.807) is 11.6 Å². The normalized spacial score (nSPS) is 12.5. The fraction of sp³-hybridized carbons (Fsp3) is 0.545. The van der Waals surface area contributed by atoms with Crippen molar-refractivity contribution in [2.45, 2.75) is 26.3 Å². The van der Waals surface area contributed by atoms with Crippen LogP contribution < -0.4 is 5.32 Å². The lowest BCUT2D eigenvalue weighted by atomic mass is 10.0. The second-order valence-electron chi connectivity index (χ2n) is 4.38. The second kappa shape index (κ2) is 5.47. The quantitative estimate of drug-likeness (QED) is 0.790. The number of carbonyl (C=O) groups is 2. The van der Waals surface area contributed by atoms with E-state index >= 15 is 0 Å². The minimum absolute atomic E-state index is 0.197. The Labute approximate surface area is 99.7 Å². The van der Waals surface area contributed by atoms with Crippen molar-refractivity contribution >= 4 is 11.9 Å². The molecule has 1 heterocycles. The molecule has 0 saturated carbocycles. The van der Waals surface area contributed by atoms with E-state index in [4.69, 9.17) is 5.11 Å². The van der Waals surface area contributed by atoms with E-state index in [2.05, 4.69) is 10.3 Å². The average molecular weight is 239 g/mol. The van der Waals surface area contributed by atoms with Gasteiger partial charge in [0.2, 0.25) is 0 Å². The molecule has 94 valence electrons. The van der Waals surface area contributed by atoms with Gasteiger partial charge in [0.1, 0.15) is 11.7 Å². The van der Waals surface area contributed by atoms with Crippen LogP contribution in [0.2, 0.25) is 0 Å². The van der Waals surface area contributed by atoms with Crippen molar-refractivity contribution in [3.8, 4) is 0 Å². The van der Waals surface area contributed by atoms with Gasteiger partial charge in [-0.05, 0) is 12.3 Å². The molecule has 2 N–H and O–H groups in total. The predicted molar refractivity (Wildman–Crippen MR) is 61.6 cm³/mol. The van der Waals surface area contributed by atoms with Gasteiger partial charge in [-0.15, -0.1) is 0 Å². The highest BCUT2D eigenvalue weighted by molar-refractivity contribution is 5.95. The molecule has 1 rings (SSSR count). The molecule has 6 nitrogen and oxygen atoms in total. The van der Waals surface area contributed by atoms with Crippen LogP contribution >= 0.6 is 0 Å². The van der Waals surface area contributed by atoms with Crippen molar-refractivity contribution < 1.29 is 14.7 Å². The molecule has 1 amide bonds. The molecule has 0 aliphatic carbocycles. The zero-order valence-electron chi connectivity index (χ0n) is 10.2. The Hall–Kier alpha value is -1.85. The molecule has 17 heavy (non-hydrogen) atoms. The molecular formula is C11H17N3O3. The van der Waals surface area contributed by atoms with E-state index in [9.17, 15) is 9.59 Å². The summed E-state index contributed by atoms with van der Waals surface area (Å²) in [6, 6.07) is -0.864. The molecule has 1 atom stereocenters. The van der Waals surface area contributed by atoms with E-state index in [0.29, 0.717) is 12.1 Å². The third kappa shape index (κ3) is 3.58. The fourth-order valence-electron chi connectivity index (χ4n) is 1.50. The number of nitrogens with one attached hydrogen (secondary N) is 1. The van der Waals surface area contributed by atoms with Gasteiger partial charge in [0, 0.05) is 7.05 Å². The number of carboxylic acids is 1. The first-order valence-corrected chi connectivity index (χ1v) is 5.41. The smallest absolute Gasteiger partial charge is 0.326 e. The number of imidazole rings is 1. The summed E-state index contributed by atoms with van der Waals surface area (Å²) in [5.41, 5.74) is 0.347. The third-order valence-corrected chi connectivity index (χ3v) is 2.36. The number of nitrogens with zero attached hydrogens (tertiary/aromatic N) is 2. The van der Waals surface area contributed by atoms with Gasteiger partial charge in [-0.25, -0.2) is 9.78 Å². The highest BCUT2D eigenvalue weighted by Crippen LogP contribution is 2.06. The van der Waals surface area contributed by atoms with E-state index < -0.39 is 17.9 Å². The Bertz CT molecular complexity index is 412. The molecular weight excluding hydrogens is 222 g/mol. The molecule has 0 aromatic carbocycles. The highest BCUT2D eigenvalue weighted by Gasteiger charge is 2.22. The van der Waals surface area contributed by atoms with Crippen LogP contribution in [0.15, 0.2) is 12.5 Å². The van der Waals surface area contributed by atoms with Crippen LogP contribution in [0.25, 0.3) is 0 Å². The molecule has 0 aliphatic heterocycles. The van der Waals surface area contributed by atoms with Crippen molar-refractivity contribution in [2.75, 3.05) is 0 Å². The lowest BCUT2D eigenvalue weighted by Gasteiger charge is -2.16. The molecule has 0 unspecified atom stereocenters. The first-order chi connectivity index (χ1) is 7.91. The number of amides is 1. The van der Waals surface area contributed by atoms with Gasteiger partial charge in [-0.2, -0.15) is 0 Å². The zero-order valence-corrected chi connectivity index (χ0v) is 10.2. The Morgan fingerprint density at radius 1 is 1.53 bits per heavy atom. The Kier molecular flexibility index (Phi) is 4.25. The number of rotatable bonds is 5. The summed E-state index contributed by atoms with van der Waals surface area (Å²) >= 11 is 0. The van der Waals surface area contributed by atoms with Gasteiger partial charge < -0.3 is 15.0 Å². The lowest BCUT2D eigenvalue weighted by molar-refractivity contribution is -0.139. The van der Waals surface area contributed by atoms with Crippen molar-refractivity contribution in [1.29, 1.82) is 0 Å². The van der Waals surface area contributed by atoms with E-state index in [1.165, 1.54) is 12.5 Å². The van der Waals surface area contributed by atoms with E-state index in [-0.39, 0.29) is 5.92 Å². The molecule has 1 aromatic rings. The standard InChI is InChI=1S/C11H17N3O3/c1-7(2)4-8(11(16)17)13-10(15)9-5-12-6-14(9)3/h5-8H,4H2,1-3H3,(H,13,15)(H,16,17)/t8-/m1/s1. The van der Waals surface area contributed by atoms with Gasteiger partial charge in [-0.1, -0.05) is 13.8 Å². The maximum absolute atomic E-state index is 11.8. The average Bonchev–Trinajstić information content (AvgIpc) is 2.62. The number of aliphatic carboxylic acids is 1.